The van der Waals surface area contributed by atoms with Crippen molar-refractivity contribution in [2.75, 3.05) is 0 Å². The molecule has 0 aliphatic heterocycles. The molecule has 0 fully saturated rings. The van der Waals surface area contributed by atoms with Crippen LogP contribution in [0.2, 0.25) is 0 Å². The van der Waals surface area contributed by atoms with Crippen molar-refractivity contribution in [3.63, 3.8) is 0 Å². The van der Waals surface area contributed by atoms with Crippen molar-refractivity contribution in [2.24, 2.45) is 0 Å². The van der Waals surface area contributed by atoms with Crippen molar-refractivity contribution in [1.29, 1.82) is 0 Å². The van der Waals surface area contributed by atoms with Crippen LogP contribution < -0.4 is 0 Å². The molecule has 3 nitrogen and oxygen atoms in total. The fraction of sp³-hybridized carbons (Fsp3) is 0. The Morgan fingerprint density at radius 1 is 0.625 bits per heavy atom. The number of carbonyl (C=O) groups is 2. The molecule has 0 spiro atoms. The Morgan fingerprint density at radius 2 is 1.17 bits per heavy atom. The van der Waals surface area contributed by atoms with E-state index in [9.17, 15) is 14.4 Å². The molecule has 3 heteroatoms. The van der Waals surface area contributed by atoms with Crippen LogP contribution in [-0.2, 0) is 4.79 Å². The van der Waals surface area contributed by atoms with E-state index in [1.54, 1.807) is 73.0 Å². The topological polar surface area (TPSA) is 51.2 Å². The number of rotatable bonds is 5. The van der Waals surface area contributed by atoms with E-state index in [4.69, 9.17) is 0 Å². The van der Waals surface area contributed by atoms with Crippen LogP contribution >= 0.6 is 0 Å². The van der Waals surface area contributed by atoms with Crippen LogP contribution in [0, 0.1) is 0 Å². The van der Waals surface area contributed by atoms with E-state index in [1.807, 2.05) is 6.07 Å². The van der Waals surface area contributed by atoms with Crippen molar-refractivity contribution in [3.05, 3.63) is 107 Å². The van der Waals surface area contributed by atoms with Crippen LogP contribution in [-0.4, -0.2) is 17.9 Å². The normalized spacial score (nSPS) is 10.2. The van der Waals surface area contributed by atoms with E-state index in [1.165, 1.54) is 6.07 Å². The summed E-state index contributed by atoms with van der Waals surface area (Å²) in [7, 11) is 0. The monoisotopic (exact) mass is 313 g/mol. The van der Waals surface area contributed by atoms with Gasteiger partial charge in [-0.3, -0.25) is 14.4 Å². The lowest BCUT2D eigenvalue weighted by Gasteiger charge is -2.10. The van der Waals surface area contributed by atoms with Gasteiger partial charge in [-0.15, -0.1) is 0 Å². The molecule has 0 saturated carbocycles. The van der Waals surface area contributed by atoms with Crippen molar-refractivity contribution in [3.8, 4) is 0 Å². The van der Waals surface area contributed by atoms with E-state index >= 15 is 0 Å². The second kappa shape index (κ2) is 6.84. The number of hydrogen-bond donors (Lipinski definition) is 0. The molecule has 3 aromatic rings. The third kappa shape index (κ3) is 2.92. The highest BCUT2D eigenvalue weighted by molar-refractivity contribution is 6.22. The Labute approximate surface area is 139 Å². The number of hydrogen-bond acceptors (Lipinski definition) is 3. The van der Waals surface area contributed by atoms with E-state index in [-0.39, 0.29) is 28.3 Å². The van der Waals surface area contributed by atoms with Gasteiger partial charge in [-0.05, 0) is 0 Å². The molecule has 24 heavy (non-hydrogen) atoms. The van der Waals surface area contributed by atoms with Crippen LogP contribution in [0.15, 0.2) is 78.9 Å². The highest BCUT2D eigenvalue weighted by Crippen LogP contribution is 2.21. The van der Waals surface area contributed by atoms with E-state index in [2.05, 4.69) is 0 Å². The first-order valence-electron chi connectivity index (χ1n) is 7.43. The smallest absolute Gasteiger partial charge is 0.234 e. The third-order valence-electron chi connectivity index (χ3n) is 3.72. The van der Waals surface area contributed by atoms with Crippen molar-refractivity contribution in [1.82, 2.24) is 0 Å². The van der Waals surface area contributed by atoms with Crippen LogP contribution in [0.4, 0.5) is 0 Å². The molecule has 1 radical (unpaired) electrons. The average molecular weight is 313 g/mol. The molecule has 3 aromatic carbocycles. The fourth-order valence-corrected chi connectivity index (χ4v) is 2.55. The predicted octanol–water partition coefficient (Wildman–Crippen LogP) is 3.61. The molecule has 0 aliphatic carbocycles. The zero-order valence-electron chi connectivity index (χ0n) is 12.7. The Hall–Kier alpha value is -3.33. The second-order valence-electron chi connectivity index (χ2n) is 5.22. The minimum Gasteiger partial charge on any atom is -0.289 e. The summed E-state index contributed by atoms with van der Waals surface area (Å²) >= 11 is 0. The zero-order valence-corrected chi connectivity index (χ0v) is 12.7. The van der Waals surface area contributed by atoms with Crippen LogP contribution in [0.1, 0.15) is 37.4 Å². The summed E-state index contributed by atoms with van der Waals surface area (Å²) < 4.78 is 0. The van der Waals surface area contributed by atoms with Crippen LogP contribution in [0.3, 0.4) is 0 Å². The summed E-state index contributed by atoms with van der Waals surface area (Å²) in [6, 6.07) is 21.9. The molecular weight excluding hydrogens is 300 g/mol. The Balaban J connectivity index is 2.16. The van der Waals surface area contributed by atoms with Gasteiger partial charge < -0.3 is 0 Å². The molecule has 0 amide bonds. The molecule has 0 bridgehead atoms. The second-order valence-corrected chi connectivity index (χ2v) is 5.22. The van der Waals surface area contributed by atoms with Gasteiger partial charge in [0.2, 0.25) is 6.29 Å². The maximum atomic E-state index is 12.9. The summed E-state index contributed by atoms with van der Waals surface area (Å²) in [5.41, 5.74) is 1.26. The van der Waals surface area contributed by atoms with Crippen molar-refractivity contribution < 1.29 is 14.4 Å². The summed E-state index contributed by atoms with van der Waals surface area (Å²) in [6.45, 7) is 0. The van der Waals surface area contributed by atoms with Gasteiger partial charge in [-0.25, -0.2) is 0 Å². The summed E-state index contributed by atoms with van der Waals surface area (Å²) in [4.78, 5) is 36.9. The fourth-order valence-electron chi connectivity index (χ4n) is 2.55. The lowest BCUT2D eigenvalue weighted by molar-refractivity contribution is 0.100. The zero-order chi connectivity index (χ0) is 16.9. The SMILES string of the molecule is O=[C]c1cccc(C(=O)c2ccccc2)c1C(=O)c1ccccc1. The van der Waals surface area contributed by atoms with Crippen LogP contribution in [0.5, 0.6) is 0 Å². The Morgan fingerprint density at radius 3 is 1.71 bits per heavy atom. The molecule has 115 valence electrons. The Bertz CT molecular complexity index is 897. The van der Waals surface area contributed by atoms with E-state index in [0.29, 0.717) is 11.1 Å². The molecule has 0 aliphatic rings. The minimum absolute atomic E-state index is 0.0886. The summed E-state index contributed by atoms with van der Waals surface area (Å²) in [5, 5.41) is 0. The van der Waals surface area contributed by atoms with Crippen molar-refractivity contribution in [2.45, 2.75) is 0 Å². The van der Waals surface area contributed by atoms with E-state index < -0.39 is 0 Å². The molecule has 0 N–H and O–H groups in total. The maximum Gasteiger partial charge on any atom is 0.234 e. The molecule has 0 heterocycles. The lowest BCUT2D eigenvalue weighted by atomic mass is 9.90. The predicted molar refractivity (Wildman–Crippen MR) is 91.0 cm³/mol. The van der Waals surface area contributed by atoms with Crippen LogP contribution in [0.25, 0.3) is 0 Å². The van der Waals surface area contributed by atoms with Gasteiger partial charge in [0, 0.05) is 27.8 Å². The van der Waals surface area contributed by atoms with Gasteiger partial charge in [-0.2, -0.15) is 0 Å². The molecule has 0 atom stereocenters. The summed E-state index contributed by atoms with van der Waals surface area (Å²) in [5.74, 6) is -0.666. The highest BCUT2D eigenvalue weighted by Gasteiger charge is 2.22. The number of benzene rings is 3. The van der Waals surface area contributed by atoms with Crippen molar-refractivity contribution >= 4 is 17.9 Å². The number of ketones is 2. The molecule has 3 rings (SSSR count). The Kier molecular flexibility index (Phi) is 4.43. The van der Waals surface area contributed by atoms with Gasteiger partial charge in [-0.1, -0.05) is 78.9 Å². The first kappa shape index (κ1) is 15.6. The van der Waals surface area contributed by atoms with Gasteiger partial charge >= 0.3 is 0 Å². The van der Waals surface area contributed by atoms with Gasteiger partial charge in [0.05, 0.1) is 0 Å². The quantitative estimate of drug-likeness (QED) is 0.676. The minimum atomic E-state index is -0.367. The molecular formula is C21H13O3. The standard InChI is InChI=1S/C21H13O3/c22-14-17-12-7-13-18(20(23)15-8-3-1-4-9-15)19(17)21(24)16-10-5-2-6-11-16/h1-13H. The maximum absolute atomic E-state index is 12.9. The first-order chi connectivity index (χ1) is 11.7. The molecule has 0 unspecified atom stereocenters. The molecule has 0 aromatic heterocycles. The molecule has 0 saturated heterocycles. The van der Waals surface area contributed by atoms with Gasteiger partial charge in [0.25, 0.3) is 0 Å². The number of carbonyl (C=O) groups excluding carboxylic acids is 3. The first-order valence-corrected chi connectivity index (χ1v) is 7.43. The average Bonchev–Trinajstić information content (AvgIpc) is 2.67. The summed E-state index contributed by atoms with van der Waals surface area (Å²) in [6.07, 6.45) is 1.77. The van der Waals surface area contributed by atoms with Gasteiger partial charge in [0.15, 0.2) is 11.6 Å². The van der Waals surface area contributed by atoms with E-state index in [0.717, 1.165) is 0 Å². The van der Waals surface area contributed by atoms with Gasteiger partial charge in [0.1, 0.15) is 0 Å². The third-order valence-corrected chi connectivity index (χ3v) is 3.72. The highest BCUT2D eigenvalue weighted by atomic mass is 16.1. The lowest BCUT2D eigenvalue weighted by Crippen LogP contribution is -2.14. The largest absolute Gasteiger partial charge is 0.289 e.